The van der Waals surface area contributed by atoms with Gasteiger partial charge in [-0.2, -0.15) is 0 Å². The first-order valence-electron chi connectivity index (χ1n) is 6.16. The molecule has 0 radical (unpaired) electrons. The van der Waals surface area contributed by atoms with Crippen LogP contribution in [-0.4, -0.2) is 35.9 Å². The Bertz CT molecular complexity index is 472. The molecular formula is C13H17BrN2O2S. The summed E-state index contributed by atoms with van der Waals surface area (Å²) in [7, 11) is 3.26. The molecule has 0 spiro atoms. The maximum atomic E-state index is 11.9. The third kappa shape index (κ3) is 3.12. The van der Waals surface area contributed by atoms with Crippen LogP contribution >= 0.6 is 27.7 Å². The smallest absolute Gasteiger partial charge is 0.326 e. The molecule has 0 saturated heterocycles. The first-order chi connectivity index (χ1) is 9.11. The van der Waals surface area contributed by atoms with E-state index in [0.29, 0.717) is 5.25 Å². The normalized spacial score (nSPS) is 26.4. The molecule has 1 saturated carbocycles. The minimum Gasteiger partial charge on any atom is -0.468 e. The van der Waals surface area contributed by atoms with Crippen molar-refractivity contribution in [1.82, 2.24) is 10.3 Å². The van der Waals surface area contributed by atoms with Crippen molar-refractivity contribution in [2.75, 3.05) is 14.2 Å². The molecule has 2 atom stereocenters. The van der Waals surface area contributed by atoms with E-state index < -0.39 is 5.54 Å². The monoisotopic (exact) mass is 344 g/mol. The zero-order chi connectivity index (χ0) is 13.9. The van der Waals surface area contributed by atoms with Gasteiger partial charge in [0, 0.05) is 15.9 Å². The van der Waals surface area contributed by atoms with Crippen molar-refractivity contribution < 1.29 is 9.53 Å². The van der Waals surface area contributed by atoms with Crippen molar-refractivity contribution >= 4 is 33.7 Å². The van der Waals surface area contributed by atoms with Crippen LogP contribution < -0.4 is 5.32 Å². The summed E-state index contributed by atoms with van der Waals surface area (Å²) in [4.78, 5) is 16.3. The number of thioether (sulfide) groups is 1. The lowest BCUT2D eigenvalue weighted by Crippen LogP contribution is -2.49. The van der Waals surface area contributed by atoms with Crippen LogP contribution in [0.1, 0.15) is 19.3 Å². The Morgan fingerprint density at radius 1 is 1.68 bits per heavy atom. The first-order valence-corrected chi connectivity index (χ1v) is 7.83. The van der Waals surface area contributed by atoms with Crippen LogP contribution in [-0.2, 0) is 9.53 Å². The molecule has 104 valence electrons. The van der Waals surface area contributed by atoms with Crippen molar-refractivity contribution in [2.24, 2.45) is 0 Å². The van der Waals surface area contributed by atoms with Gasteiger partial charge in [-0.15, -0.1) is 11.8 Å². The van der Waals surface area contributed by atoms with E-state index in [1.54, 1.807) is 18.0 Å². The van der Waals surface area contributed by atoms with Gasteiger partial charge >= 0.3 is 5.97 Å². The number of hydrogen-bond acceptors (Lipinski definition) is 5. The number of nitrogens with one attached hydrogen (secondary N) is 1. The molecule has 1 aromatic heterocycles. The highest BCUT2D eigenvalue weighted by Crippen LogP contribution is 2.41. The highest BCUT2D eigenvalue weighted by Gasteiger charge is 2.45. The summed E-state index contributed by atoms with van der Waals surface area (Å²) in [6, 6.07) is 3.88. The summed E-state index contributed by atoms with van der Waals surface area (Å²) in [5.74, 6) is -0.168. The van der Waals surface area contributed by atoms with Gasteiger partial charge in [-0.05, 0) is 54.4 Å². The molecule has 0 aliphatic heterocycles. The number of likely N-dealkylation sites (N-methyl/N-ethyl adjacent to an activating group) is 1. The number of carbonyl (C=O) groups is 1. The summed E-state index contributed by atoms with van der Waals surface area (Å²) in [6.45, 7) is 0. The highest BCUT2D eigenvalue weighted by atomic mass is 79.9. The van der Waals surface area contributed by atoms with E-state index in [0.717, 1.165) is 28.8 Å². The standard InChI is InChI=1S/C13H17BrN2O2S/c1-15-13(12(17)18-2)6-5-9(8-13)19-11-10(14)4-3-7-16-11/h3-4,7,9,15H,5-6,8H2,1-2H3. The number of ether oxygens (including phenoxy) is 1. The van der Waals surface area contributed by atoms with E-state index in [-0.39, 0.29) is 5.97 Å². The van der Waals surface area contributed by atoms with E-state index in [9.17, 15) is 4.79 Å². The van der Waals surface area contributed by atoms with E-state index in [1.807, 2.05) is 19.2 Å². The molecule has 1 aliphatic rings. The lowest BCUT2D eigenvalue weighted by atomic mass is 9.98. The van der Waals surface area contributed by atoms with Crippen LogP contribution in [0.2, 0.25) is 0 Å². The van der Waals surface area contributed by atoms with E-state index in [2.05, 4.69) is 26.2 Å². The quantitative estimate of drug-likeness (QED) is 0.851. The number of nitrogens with zero attached hydrogens (tertiary/aromatic N) is 1. The lowest BCUT2D eigenvalue weighted by molar-refractivity contribution is -0.148. The number of hydrogen-bond donors (Lipinski definition) is 1. The van der Waals surface area contributed by atoms with E-state index in [4.69, 9.17) is 4.74 Å². The fraction of sp³-hybridized carbons (Fsp3) is 0.538. The Kier molecular flexibility index (Phi) is 4.86. The largest absolute Gasteiger partial charge is 0.468 e. The van der Waals surface area contributed by atoms with E-state index >= 15 is 0 Å². The van der Waals surface area contributed by atoms with Crippen molar-refractivity contribution in [3.63, 3.8) is 0 Å². The highest BCUT2D eigenvalue weighted by molar-refractivity contribution is 9.10. The minimum atomic E-state index is -0.534. The molecule has 0 aromatic carbocycles. The van der Waals surface area contributed by atoms with Gasteiger partial charge in [0.05, 0.1) is 7.11 Å². The Balaban J connectivity index is 2.06. The molecule has 19 heavy (non-hydrogen) atoms. The van der Waals surface area contributed by atoms with Crippen LogP contribution in [0, 0.1) is 0 Å². The van der Waals surface area contributed by atoms with Gasteiger partial charge in [-0.1, -0.05) is 0 Å². The van der Waals surface area contributed by atoms with Crippen LogP contribution in [0.25, 0.3) is 0 Å². The second kappa shape index (κ2) is 6.24. The molecule has 0 amide bonds. The summed E-state index contributed by atoms with van der Waals surface area (Å²) < 4.78 is 5.92. The summed E-state index contributed by atoms with van der Waals surface area (Å²) in [6.07, 6.45) is 4.33. The molecule has 1 heterocycles. The number of carbonyl (C=O) groups excluding carboxylic acids is 1. The Hall–Kier alpha value is -0.590. The Morgan fingerprint density at radius 3 is 3.11 bits per heavy atom. The second-order valence-corrected chi connectivity index (χ2v) is 6.74. The van der Waals surface area contributed by atoms with Crippen LogP contribution in [0.15, 0.2) is 27.8 Å². The molecule has 1 N–H and O–H groups in total. The van der Waals surface area contributed by atoms with Crippen molar-refractivity contribution in [1.29, 1.82) is 0 Å². The van der Waals surface area contributed by atoms with Crippen LogP contribution in [0.4, 0.5) is 0 Å². The number of halogens is 1. The average Bonchev–Trinajstić information content (AvgIpc) is 2.85. The molecular weight excluding hydrogens is 328 g/mol. The average molecular weight is 345 g/mol. The SMILES string of the molecule is CNC1(C(=O)OC)CCC(Sc2ncccc2Br)C1. The van der Waals surface area contributed by atoms with Gasteiger partial charge in [0.25, 0.3) is 0 Å². The fourth-order valence-corrected chi connectivity index (χ4v) is 4.18. The molecule has 4 nitrogen and oxygen atoms in total. The van der Waals surface area contributed by atoms with E-state index in [1.165, 1.54) is 7.11 Å². The summed E-state index contributed by atoms with van der Waals surface area (Å²) >= 11 is 5.22. The van der Waals surface area contributed by atoms with Gasteiger partial charge < -0.3 is 10.1 Å². The van der Waals surface area contributed by atoms with Gasteiger partial charge in [0.15, 0.2) is 0 Å². The Morgan fingerprint density at radius 2 is 2.47 bits per heavy atom. The molecule has 1 aromatic rings. The zero-order valence-electron chi connectivity index (χ0n) is 11.0. The second-order valence-electron chi connectivity index (χ2n) is 4.60. The zero-order valence-corrected chi connectivity index (χ0v) is 13.4. The first kappa shape index (κ1) is 14.8. The van der Waals surface area contributed by atoms with Gasteiger partial charge in [0.1, 0.15) is 10.6 Å². The molecule has 1 fully saturated rings. The molecule has 6 heteroatoms. The van der Waals surface area contributed by atoms with Crippen molar-refractivity contribution in [3.05, 3.63) is 22.8 Å². The third-order valence-corrected chi connectivity index (χ3v) is 5.71. The van der Waals surface area contributed by atoms with Gasteiger partial charge in [-0.25, -0.2) is 4.98 Å². The third-order valence-electron chi connectivity index (χ3n) is 3.53. The number of esters is 1. The maximum absolute atomic E-state index is 11.9. The van der Waals surface area contributed by atoms with Crippen molar-refractivity contribution in [2.45, 2.75) is 35.1 Å². The van der Waals surface area contributed by atoms with Crippen LogP contribution in [0.5, 0.6) is 0 Å². The van der Waals surface area contributed by atoms with Gasteiger partial charge in [0.2, 0.25) is 0 Å². The summed E-state index contributed by atoms with van der Waals surface area (Å²) in [5, 5.41) is 4.49. The van der Waals surface area contributed by atoms with Crippen molar-refractivity contribution in [3.8, 4) is 0 Å². The minimum absolute atomic E-state index is 0.168. The topological polar surface area (TPSA) is 51.2 Å². The number of methoxy groups -OCH3 is 1. The Labute approximate surface area is 125 Å². The van der Waals surface area contributed by atoms with Crippen LogP contribution in [0.3, 0.4) is 0 Å². The fourth-order valence-electron chi connectivity index (χ4n) is 2.43. The predicted molar refractivity (Wildman–Crippen MR) is 79.2 cm³/mol. The maximum Gasteiger partial charge on any atom is 0.326 e. The molecule has 0 bridgehead atoms. The summed E-state index contributed by atoms with van der Waals surface area (Å²) in [5.41, 5.74) is -0.534. The lowest BCUT2D eigenvalue weighted by Gasteiger charge is -2.25. The number of aromatic nitrogens is 1. The molecule has 2 unspecified atom stereocenters. The molecule has 2 rings (SSSR count). The predicted octanol–water partition coefficient (Wildman–Crippen LogP) is 2.62. The molecule has 1 aliphatic carbocycles. The number of pyridine rings is 1. The van der Waals surface area contributed by atoms with Gasteiger partial charge in [-0.3, -0.25) is 4.79 Å². The number of rotatable bonds is 4.